The van der Waals surface area contributed by atoms with Crippen LogP contribution in [0.3, 0.4) is 0 Å². The van der Waals surface area contributed by atoms with Gasteiger partial charge in [0, 0.05) is 20.9 Å². The summed E-state index contributed by atoms with van der Waals surface area (Å²) < 4.78 is 5.51. The molecular weight excluding hydrogens is 424 g/mol. The second kappa shape index (κ2) is 8.41. The molecule has 0 spiro atoms. The molecule has 0 atom stereocenters. The average Bonchev–Trinajstić information content (AvgIpc) is 2.94. The normalized spacial score (nSPS) is 10.9. The van der Waals surface area contributed by atoms with E-state index in [0.29, 0.717) is 27.3 Å². The molecule has 0 unspecified atom stereocenters. The van der Waals surface area contributed by atoms with Crippen LogP contribution in [0.15, 0.2) is 91.8 Å². The van der Waals surface area contributed by atoms with Gasteiger partial charge in [-0.2, -0.15) is 0 Å². The Labute approximate surface area is 180 Å². The van der Waals surface area contributed by atoms with Crippen molar-refractivity contribution >= 4 is 39.3 Å². The Morgan fingerprint density at radius 2 is 1.66 bits per heavy atom. The molecule has 7 heteroatoms. The molecule has 0 fully saturated rings. The maximum absolute atomic E-state index is 12.7. The van der Waals surface area contributed by atoms with Gasteiger partial charge < -0.3 is 9.52 Å². The monoisotopic (exact) mass is 438 g/mol. The van der Waals surface area contributed by atoms with E-state index in [4.69, 9.17) is 4.42 Å². The Balaban J connectivity index is 1.77. The zero-order valence-corrected chi connectivity index (χ0v) is 17.4. The summed E-state index contributed by atoms with van der Waals surface area (Å²) in [5.41, 5.74) is 1.98. The van der Waals surface area contributed by atoms with Crippen molar-refractivity contribution in [2.75, 3.05) is 0 Å². The van der Waals surface area contributed by atoms with Crippen molar-refractivity contribution in [1.82, 2.24) is 0 Å². The maximum atomic E-state index is 12.7. The van der Waals surface area contributed by atoms with Crippen LogP contribution in [0.25, 0.3) is 22.5 Å². The minimum absolute atomic E-state index is 0.0953. The summed E-state index contributed by atoms with van der Waals surface area (Å²) in [5, 5.41) is 9.22. The SMILES string of the molecule is O=C(Sc1cc2oc(=O)c(-c3ccccc3)c-2ccc1SS)c1ccc(O)cc1. The third kappa shape index (κ3) is 4.07. The number of hydrogen-bond acceptors (Lipinski definition) is 7. The number of fused-ring (bicyclic) bond motifs is 1. The smallest absolute Gasteiger partial charge is 0.344 e. The first-order valence-electron chi connectivity index (χ1n) is 8.56. The fraction of sp³-hybridized carbons (Fsp3) is 0. The molecule has 2 aromatic carbocycles. The second-order valence-electron chi connectivity index (χ2n) is 6.14. The number of phenolic OH excluding ortho intramolecular Hbond substituents is 1. The minimum Gasteiger partial charge on any atom is -0.508 e. The molecule has 1 heterocycles. The fourth-order valence-corrected chi connectivity index (χ4v) is 4.91. The number of aromatic hydroxyl groups is 1. The summed E-state index contributed by atoms with van der Waals surface area (Å²) in [5.74, 6) is 0.501. The van der Waals surface area contributed by atoms with E-state index in [-0.39, 0.29) is 10.9 Å². The van der Waals surface area contributed by atoms with Crippen LogP contribution in [0, 0.1) is 0 Å². The van der Waals surface area contributed by atoms with E-state index < -0.39 is 5.63 Å². The van der Waals surface area contributed by atoms with Crippen molar-refractivity contribution in [1.29, 1.82) is 0 Å². The molecule has 4 rings (SSSR count). The Kier molecular flexibility index (Phi) is 5.71. The first-order valence-corrected chi connectivity index (χ1v) is 11.2. The largest absolute Gasteiger partial charge is 0.508 e. The molecule has 29 heavy (non-hydrogen) atoms. The zero-order valence-electron chi connectivity index (χ0n) is 14.9. The molecule has 1 aliphatic carbocycles. The number of phenols is 1. The highest BCUT2D eigenvalue weighted by Gasteiger charge is 2.21. The number of rotatable bonds is 4. The lowest BCUT2D eigenvalue weighted by Gasteiger charge is -2.03. The van der Waals surface area contributed by atoms with E-state index in [0.717, 1.165) is 22.2 Å². The molecule has 2 aromatic rings. The van der Waals surface area contributed by atoms with E-state index in [1.54, 1.807) is 18.2 Å². The number of benzene rings is 2. The van der Waals surface area contributed by atoms with Gasteiger partial charge in [-0.05, 0) is 59.8 Å². The summed E-state index contributed by atoms with van der Waals surface area (Å²) in [6, 6.07) is 20.7. The lowest BCUT2D eigenvalue weighted by Crippen LogP contribution is -1.95. The second-order valence-corrected chi connectivity index (χ2v) is 8.33. The van der Waals surface area contributed by atoms with Crippen LogP contribution in [0.1, 0.15) is 10.4 Å². The Morgan fingerprint density at radius 1 is 0.931 bits per heavy atom. The van der Waals surface area contributed by atoms with Gasteiger partial charge in [-0.1, -0.05) is 41.1 Å². The highest BCUT2D eigenvalue weighted by Crippen LogP contribution is 2.39. The molecule has 1 aliphatic heterocycles. The van der Waals surface area contributed by atoms with Gasteiger partial charge >= 0.3 is 5.63 Å². The summed E-state index contributed by atoms with van der Waals surface area (Å²) >= 11 is 5.33. The standard InChI is InChI=1S/C22H14O4S3/c23-15-8-6-14(7-9-15)22(25)28-19-12-17-16(10-11-18(19)29-27)20(21(24)26-17)13-4-2-1-3-5-13/h1-12,23,27H. The van der Waals surface area contributed by atoms with Crippen molar-refractivity contribution in [3.8, 4) is 28.2 Å². The van der Waals surface area contributed by atoms with Crippen LogP contribution < -0.4 is 5.63 Å². The van der Waals surface area contributed by atoms with E-state index in [1.165, 1.54) is 22.9 Å². The van der Waals surface area contributed by atoms with Crippen molar-refractivity contribution in [3.05, 3.63) is 88.8 Å². The van der Waals surface area contributed by atoms with Gasteiger partial charge in [0.05, 0.1) is 5.56 Å². The van der Waals surface area contributed by atoms with Gasteiger partial charge in [-0.15, -0.1) is 11.7 Å². The summed E-state index contributed by atoms with van der Waals surface area (Å²) in [6.45, 7) is 0. The number of thioether (sulfide) groups is 1. The average molecular weight is 439 g/mol. The molecule has 0 aromatic heterocycles. The van der Waals surface area contributed by atoms with Crippen molar-refractivity contribution in [3.63, 3.8) is 0 Å². The zero-order chi connectivity index (χ0) is 20.4. The number of carbonyl (C=O) groups excluding carboxylic acids is 1. The Bertz CT molecular complexity index is 1200. The maximum Gasteiger partial charge on any atom is 0.344 e. The number of furan rings is 1. The lowest BCUT2D eigenvalue weighted by molar-refractivity contribution is 0.108. The number of carbonyl (C=O) groups is 1. The molecule has 2 aliphatic rings. The van der Waals surface area contributed by atoms with Crippen LogP contribution in [0.4, 0.5) is 0 Å². The quantitative estimate of drug-likeness (QED) is 0.232. The van der Waals surface area contributed by atoms with Crippen LogP contribution in [-0.4, -0.2) is 10.2 Å². The third-order valence-electron chi connectivity index (χ3n) is 4.31. The highest BCUT2D eigenvalue weighted by molar-refractivity contribution is 8.68. The van der Waals surface area contributed by atoms with Crippen LogP contribution in [-0.2, 0) is 0 Å². The first-order chi connectivity index (χ1) is 14.1. The molecule has 0 saturated heterocycles. The van der Waals surface area contributed by atoms with Gasteiger partial charge in [0.15, 0.2) is 0 Å². The fourth-order valence-electron chi connectivity index (χ4n) is 2.93. The predicted molar refractivity (Wildman–Crippen MR) is 120 cm³/mol. The first kappa shape index (κ1) is 19.7. The van der Waals surface area contributed by atoms with Gasteiger partial charge in [-0.3, -0.25) is 4.79 Å². The van der Waals surface area contributed by atoms with Crippen LogP contribution in [0.2, 0.25) is 0 Å². The summed E-state index contributed by atoms with van der Waals surface area (Å²) in [7, 11) is 1.21. The molecule has 0 amide bonds. The van der Waals surface area contributed by atoms with Crippen LogP contribution >= 0.6 is 34.2 Å². The summed E-state index contributed by atoms with van der Waals surface area (Å²) in [6.07, 6.45) is 0. The highest BCUT2D eigenvalue weighted by atomic mass is 33.1. The molecular formula is C22H14O4S3. The van der Waals surface area contributed by atoms with Gasteiger partial charge in [-0.25, -0.2) is 4.79 Å². The predicted octanol–water partition coefficient (Wildman–Crippen LogP) is 5.99. The van der Waals surface area contributed by atoms with Crippen molar-refractivity contribution in [2.24, 2.45) is 0 Å². The Hall–Kier alpha value is -2.61. The van der Waals surface area contributed by atoms with Gasteiger partial charge in [0.2, 0.25) is 5.12 Å². The lowest BCUT2D eigenvalue weighted by atomic mass is 10.0. The van der Waals surface area contributed by atoms with Gasteiger partial charge in [0.25, 0.3) is 0 Å². The van der Waals surface area contributed by atoms with E-state index in [2.05, 4.69) is 11.7 Å². The third-order valence-corrected chi connectivity index (χ3v) is 6.57. The molecule has 144 valence electrons. The minimum atomic E-state index is -0.418. The van der Waals surface area contributed by atoms with Crippen molar-refractivity contribution in [2.45, 2.75) is 9.79 Å². The molecule has 0 saturated carbocycles. The molecule has 1 N–H and O–H groups in total. The summed E-state index contributed by atoms with van der Waals surface area (Å²) in [4.78, 5) is 26.6. The van der Waals surface area contributed by atoms with Crippen molar-refractivity contribution < 1.29 is 14.3 Å². The number of thiol groups is 1. The molecule has 0 bridgehead atoms. The Morgan fingerprint density at radius 3 is 2.34 bits per heavy atom. The molecule has 0 radical (unpaired) electrons. The van der Waals surface area contributed by atoms with Gasteiger partial charge in [0.1, 0.15) is 11.5 Å². The molecule has 4 nitrogen and oxygen atoms in total. The van der Waals surface area contributed by atoms with Crippen LogP contribution in [0.5, 0.6) is 5.75 Å². The number of hydrogen-bond donors (Lipinski definition) is 2. The topological polar surface area (TPSA) is 67.5 Å². The van der Waals surface area contributed by atoms with E-state index >= 15 is 0 Å². The van der Waals surface area contributed by atoms with E-state index in [9.17, 15) is 14.7 Å². The van der Waals surface area contributed by atoms with E-state index in [1.807, 2.05) is 42.5 Å².